The fraction of sp³-hybridized carbons (Fsp3) is 0.533. The molecular formula is C15H23N3O3S. The first kappa shape index (κ1) is 16.9. The van der Waals surface area contributed by atoms with E-state index in [1.54, 1.807) is 12.1 Å². The average molecular weight is 325 g/mol. The Morgan fingerprint density at radius 2 is 1.77 bits per heavy atom. The average Bonchev–Trinajstić information content (AvgIpc) is 2.36. The van der Waals surface area contributed by atoms with Crippen molar-refractivity contribution in [3.8, 4) is 0 Å². The minimum Gasteiger partial charge on any atom is -0.325 e. The van der Waals surface area contributed by atoms with E-state index in [1.165, 1.54) is 18.6 Å². The number of rotatable bonds is 4. The summed E-state index contributed by atoms with van der Waals surface area (Å²) < 4.78 is 22.3. The van der Waals surface area contributed by atoms with Gasteiger partial charge in [0, 0.05) is 18.8 Å². The lowest BCUT2D eigenvalue weighted by Gasteiger charge is -2.34. The van der Waals surface area contributed by atoms with E-state index >= 15 is 0 Å². The van der Waals surface area contributed by atoms with Crippen LogP contribution in [0.3, 0.4) is 0 Å². The number of anilines is 1. The highest BCUT2D eigenvalue weighted by Gasteiger charge is 2.23. The van der Waals surface area contributed by atoms with E-state index in [-0.39, 0.29) is 10.8 Å². The van der Waals surface area contributed by atoms with Crippen LogP contribution in [0.2, 0.25) is 0 Å². The molecule has 1 heterocycles. The molecule has 6 nitrogen and oxygen atoms in total. The molecule has 0 saturated carbocycles. The molecule has 0 radical (unpaired) electrons. The maximum atomic E-state index is 12.1. The number of carbonyl (C=O) groups excluding carboxylic acids is 1. The number of likely N-dealkylation sites (tertiary alicyclic amines) is 1. The van der Waals surface area contributed by atoms with E-state index in [0.29, 0.717) is 24.1 Å². The van der Waals surface area contributed by atoms with Gasteiger partial charge in [0.25, 0.3) is 0 Å². The van der Waals surface area contributed by atoms with Crippen molar-refractivity contribution < 1.29 is 13.2 Å². The van der Waals surface area contributed by atoms with E-state index < -0.39 is 10.0 Å². The Bertz CT molecular complexity index is 618. The van der Waals surface area contributed by atoms with E-state index in [1.807, 2.05) is 0 Å². The molecule has 1 fully saturated rings. The van der Waals surface area contributed by atoms with E-state index in [0.717, 1.165) is 13.1 Å². The van der Waals surface area contributed by atoms with Gasteiger partial charge in [0.15, 0.2) is 0 Å². The van der Waals surface area contributed by atoms with Crippen LogP contribution in [0, 0.1) is 11.8 Å². The van der Waals surface area contributed by atoms with Crippen LogP contribution < -0.4 is 10.5 Å². The Hall–Kier alpha value is -1.44. The Balaban J connectivity index is 1.92. The zero-order valence-corrected chi connectivity index (χ0v) is 13.8. The molecule has 122 valence electrons. The number of carbonyl (C=O) groups is 1. The summed E-state index contributed by atoms with van der Waals surface area (Å²) in [5.74, 6) is 1.11. The molecule has 1 aliphatic rings. The molecule has 2 rings (SSSR count). The fourth-order valence-electron chi connectivity index (χ4n) is 3.05. The van der Waals surface area contributed by atoms with Gasteiger partial charge in [-0.15, -0.1) is 0 Å². The number of nitrogens with one attached hydrogen (secondary N) is 1. The lowest BCUT2D eigenvalue weighted by molar-refractivity contribution is -0.117. The highest BCUT2D eigenvalue weighted by atomic mass is 32.2. The minimum atomic E-state index is -3.70. The summed E-state index contributed by atoms with van der Waals surface area (Å²) in [6, 6.07) is 5.85. The predicted octanol–water partition coefficient (Wildman–Crippen LogP) is 1.25. The summed E-state index contributed by atoms with van der Waals surface area (Å²) in [7, 11) is -3.70. The molecule has 7 heteroatoms. The van der Waals surface area contributed by atoms with Gasteiger partial charge in [0.05, 0.1) is 11.4 Å². The van der Waals surface area contributed by atoms with Gasteiger partial charge in [-0.1, -0.05) is 13.8 Å². The maximum Gasteiger partial charge on any atom is 0.238 e. The molecule has 0 bridgehead atoms. The predicted molar refractivity (Wildman–Crippen MR) is 85.8 cm³/mol. The number of primary sulfonamides is 1. The van der Waals surface area contributed by atoms with Crippen molar-refractivity contribution in [2.24, 2.45) is 17.0 Å². The Morgan fingerprint density at radius 3 is 2.27 bits per heavy atom. The van der Waals surface area contributed by atoms with Crippen molar-refractivity contribution in [1.29, 1.82) is 0 Å². The maximum absolute atomic E-state index is 12.1. The molecule has 0 aromatic heterocycles. The first-order chi connectivity index (χ1) is 10.2. The van der Waals surface area contributed by atoms with Crippen molar-refractivity contribution in [2.75, 3.05) is 25.0 Å². The molecule has 1 aromatic carbocycles. The van der Waals surface area contributed by atoms with Gasteiger partial charge < -0.3 is 5.32 Å². The lowest BCUT2D eigenvalue weighted by atomic mass is 9.92. The van der Waals surface area contributed by atoms with Crippen LogP contribution in [-0.2, 0) is 14.8 Å². The summed E-state index contributed by atoms with van der Waals surface area (Å²) >= 11 is 0. The van der Waals surface area contributed by atoms with Crippen LogP contribution in [0.25, 0.3) is 0 Å². The van der Waals surface area contributed by atoms with Crippen LogP contribution in [0.5, 0.6) is 0 Å². The van der Waals surface area contributed by atoms with Crippen LogP contribution in [0.15, 0.2) is 29.2 Å². The number of hydrogen-bond donors (Lipinski definition) is 2. The SMILES string of the molecule is C[C@@H]1C[C@H](C)CN(CC(=O)Nc2ccc(S(N)(=O)=O)cc2)C1. The van der Waals surface area contributed by atoms with E-state index in [9.17, 15) is 13.2 Å². The monoisotopic (exact) mass is 325 g/mol. The molecule has 3 N–H and O–H groups in total. The smallest absolute Gasteiger partial charge is 0.238 e. The second kappa shape index (κ2) is 6.76. The lowest BCUT2D eigenvalue weighted by Crippen LogP contribution is -2.42. The summed E-state index contributed by atoms with van der Waals surface area (Å²) in [5.41, 5.74) is 0.565. The quantitative estimate of drug-likeness (QED) is 0.871. The molecule has 0 aliphatic carbocycles. The van der Waals surface area contributed by atoms with Gasteiger partial charge in [-0.3, -0.25) is 9.69 Å². The molecule has 0 unspecified atom stereocenters. The van der Waals surface area contributed by atoms with Gasteiger partial charge in [-0.25, -0.2) is 13.6 Å². The summed E-state index contributed by atoms with van der Waals surface area (Å²) in [6.07, 6.45) is 1.20. The van der Waals surface area contributed by atoms with Gasteiger partial charge in [-0.05, 0) is 42.5 Å². The number of hydrogen-bond acceptors (Lipinski definition) is 4. The largest absolute Gasteiger partial charge is 0.325 e. The highest BCUT2D eigenvalue weighted by molar-refractivity contribution is 7.89. The standard InChI is InChI=1S/C15H23N3O3S/c1-11-7-12(2)9-18(8-11)10-15(19)17-13-3-5-14(6-4-13)22(16,20)21/h3-6,11-12H,7-10H2,1-2H3,(H,17,19)(H2,16,20,21)/t11-,12+. The Morgan fingerprint density at radius 1 is 1.23 bits per heavy atom. The fourth-order valence-corrected chi connectivity index (χ4v) is 3.57. The number of piperidine rings is 1. The second-order valence-electron chi connectivity index (χ2n) is 6.26. The molecule has 2 atom stereocenters. The number of amides is 1. The number of sulfonamides is 1. The van der Waals surface area contributed by atoms with Crippen LogP contribution in [0.4, 0.5) is 5.69 Å². The van der Waals surface area contributed by atoms with E-state index in [4.69, 9.17) is 5.14 Å². The van der Waals surface area contributed by atoms with Crippen molar-refractivity contribution in [3.63, 3.8) is 0 Å². The second-order valence-corrected chi connectivity index (χ2v) is 7.82. The molecule has 22 heavy (non-hydrogen) atoms. The third-order valence-corrected chi connectivity index (χ3v) is 4.71. The Kier molecular flexibility index (Phi) is 5.20. The highest BCUT2D eigenvalue weighted by Crippen LogP contribution is 2.20. The van der Waals surface area contributed by atoms with Gasteiger partial charge in [0.2, 0.25) is 15.9 Å². The summed E-state index contributed by atoms with van der Waals surface area (Å²) in [5, 5.41) is 7.82. The van der Waals surface area contributed by atoms with Crippen molar-refractivity contribution in [3.05, 3.63) is 24.3 Å². The number of benzene rings is 1. The van der Waals surface area contributed by atoms with Crippen LogP contribution >= 0.6 is 0 Å². The zero-order valence-electron chi connectivity index (χ0n) is 13.0. The van der Waals surface area contributed by atoms with Crippen molar-refractivity contribution >= 4 is 21.6 Å². The summed E-state index contributed by atoms with van der Waals surface area (Å²) in [4.78, 5) is 14.3. The first-order valence-electron chi connectivity index (χ1n) is 7.39. The van der Waals surface area contributed by atoms with Gasteiger partial charge in [-0.2, -0.15) is 0 Å². The molecule has 1 aromatic rings. The van der Waals surface area contributed by atoms with Crippen molar-refractivity contribution in [2.45, 2.75) is 25.2 Å². The Labute approximate surface area is 131 Å². The molecule has 1 saturated heterocycles. The topological polar surface area (TPSA) is 92.5 Å². The molecular weight excluding hydrogens is 302 g/mol. The number of nitrogens with zero attached hydrogens (tertiary/aromatic N) is 1. The first-order valence-corrected chi connectivity index (χ1v) is 8.93. The molecule has 0 spiro atoms. The van der Waals surface area contributed by atoms with Crippen molar-refractivity contribution in [1.82, 2.24) is 4.90 Å². The molecule has 1 aliphatic heterocycles. The zero-order chi connectivity index (χ0) is 16.3. The third kappa shape index (κ3) is 4.79. The number of nitrogens with two attached hydrogens (primary N) is 1. The molecule has 1 amide bonds. The van der Waals surface area contributed by atoms with Crippen LogP contribution in [-0.4, -0.2) is 38.9 Å². The summed E-state index contributed by atoms with van der Waals surface area (Å²) in [6.45, 7) is 6.62. The normalized spacial score (nSPS) is 23.2. The van der Waals surface area contributed by atoms with Gasteiger partial charge in [0.1, 0.15) is 0 Å². The van der Waals surface area contributed by atoms with E-state index in [2.05, 4.69) is 24.1 Å². The van der Waals surface area contributed by atoms with Crippen LogP contribution in [0.1, 0.15) is 20.3 Å². The minimum absolute atomic E-state index is 0.0316. The van der Waals surface area contributed by atoms with Gasteiger partial charge >= 0.3 is 0 Å². The third-order valence-electron chi connectivity index (χ3n) is 3.78.